The maximum atomic E-state index is 13.9. The van der Waals surface area contributed by atoms with Crippen molar-refractivity contribution in [2.45, 2.75) is 56.1 Å². The molecule has 2 fully saturated rings. The Morgan fingerprint density at radius 1 is 0.724 bits per heavy atom. The summed E-state index contributed by atoms with van der Waals surface area (Å²) in [6, 6.07) is 16.4. The summed E-state index contributed by atoms with van der Waals surface area (Å²) in [6.45, 7) is 1.16. The smallest absolute Gasteiger partial charge is 0.407 e. The second kappa shape index (κ2) is 17.3. The molecule has 3 unspecified atom stereocenters. The highest BCUT2D eigenvalue weighted by molar-refractivity contribution is 7.24. The lowest BCUT2D eigenvalue weighted by Gasteiger charge is -2.34. The Labute approximate surface area is 341 Å². The molecule has 18 heteroatoms. The molecule has 0 radical (unpaired) electrons. The molecule has 2 saturated heterocycles. The molecule has 3 amide bonds. The third-order valence-electron chi connectivity index (χ3n) is 10.5. The minimum Gasteiger partial charge on any atom is -0.453 e. The number of aromatic amines is 2. The summed E-state index contributed by atoms with van der Waals surface area (Å²) >= 11 is 2.97. The quantitative estimate of drug-likeness (QED) is 0.0919. The molecule has 2 aliphatic rings. The number of hydrogen-bond acceptors (Lipinski definition) is 13. The number of aromatic nitrogens is 6. The molecule has 0 bridgehead atoms. The summed E-state index contributed by atoms with van der Waals surface area (Å²) in [5.41, 5.74) is 3.01. The van der Waals surface area contributed by atoms with Gasteiger partial charge < -0.3 is 40.1 Å². The molecule has 0 aliphatic carbocycles. The number of nitrogens with one attached hydrogen (secondary N) is 4. The van der Waals surface area contributed by atoms with Crippen molar-refractivity contribution >= 4 is 40.8 Å². The predicted molar refractivity (Wildman–Crippen MR) is 216 cm³/mol. The SMILES string of the molecule is COC(=O)NC(C(=O)N1CCC[C@H]1c1ncc(-c2cnc(-c3ncc(-c4cnc([C@@H]5CCCN5C(O)C(NC(=O)OC)c5ccccc5)[nH]4)s3)s2)[nH]1)c1ccccc1. The third kappa shape index (κ3) is 8.08. The normalized spacial score (nSPS) is 18.4. The lowest BCUT2D eigenvalue weighted by Crippen LogP contribution is -2.46. The number of imidazole rings is 2. The topological polar surface area (TPSA) is 204 Å². The van der Waals surface area contributed by atoms with Crippen LogP contribution in [0.15, 0.2) is 85.5 Å². The van der Waals surface area contributed by atoms with E-state index in [0.29, 0.717) is 24.5 Å². The van der Waals surface area contributed by atoms with Crippen molar-refractivity contribution in [1.29, 1.82) is 0 Å². The maximum absolute atomic E-state index is 13.9. The standard InChI is InChI=1S/C40H42N10O6S2/c1-55-39(53)47-31(23-11-5-3-6-12-23)37(51)49-17-9-15-27(49)33-41-19-25(45-33)29-21-43-35(57-29)36-44-22-30(58-36)26-20-42-34(46-26)28-16-10-18-50(28)38(52)32(48-40(54)56-2)24-13-7-4-8-14-24/h3-8,11-14,19-22,27-28,31-32,37,51H,9-10,15-18H2,1-2H3,(H,41,45)(H,42,46)(H,47,53)(H,48,54)/t27-,28-,31?,32?,37?/m0/s1. The molecular formula is C40H42N10O6S2. The monoisotopic (exact) mass is 822 g/mol. The minimum absolute atomic E-state index is 0.195. The first-order valence-corrected chi connectivity index (χ1v) is 20.5. The summed E-state index contributed by atoms with van der Waals surface area (Å²) in [5, 5.41) is 18.6. The Kier molecular flexibility index (Phi) is 11.6. The zero-order chi connectivity index (χ0) is 40.2. The van der Waals surface area contributed by atoms with E-state index in [1.807, 2.05) is 53.4 Å². The lowest BCUT2D eigenvalue weighted by atomic mass is 10.0. The highest BCUT2D eigenvalue weighted by atomic mass is 32.1. The molecule has 58 heavy (non-hydrogen) atoms. The largest absolute Gasteiger partial charge is 0.453 e. The van der Waals surface area contributed by atoms with Gasteiger partial charge in [-0.05, 0) is 36.8 Å². The third-order valence-corrected chi connectivity index (χ3v) is 12.7. The molecule has 0 saturated carbocycles. The van der Waals surface area contributed by atoms with Crippen molar-refractivity contribution in [3.05, 3.63) is 108 Å². The van der Waals surface area contributed by atoms with Gasteiger partial charge in [-0.2, -0.15) is 0 Å². The van der Waals surface area contributed by atoms with Crippen molar-refractivity contribution in [3.63, 3.8) is 0 Å². The average Bonchev–Trinajstić information content (AvgIpc) is 4.11. The molecule has 8 rings (SSSR count). The van der Waals surface area contributed by atoms with Gasteiger partial charge in [0.2, 0.25) is 0 Å². The van der Waals surface area contributed by atoms with Crippen molar-refractivity contribution in [2.24, 2.45) is 0 Å². The van der Waals surface area contributed by atoms with Crippen LogP contribution in [0, 0.1) is 0 Å². The van der Waals surface area contributed by atoms with Crippen LogP contribution in [-0.2, 0) is 14.3 Å². The van der Waals surface area contributed by atoms with Gasteiger partial charge in [0.25, 0.3) is 5.91 Å². The second-order valence-electron chi connectivity index (χ2n) is 13.9. The number of benzene rings is 2. The van der Waals surface area contributed by atoms with E-state index in [0.717, 1.165) is 68.2 Å². The molecule has 6 aromatic rings. The molecule has 6 heterocycles. The van der Waals surface area contributed by atoms with Crippen LogP contribution in [0.25, 0.3) is 31.2 Å². The highest BCUT2D eigenvalue weighted by Crippen LogP contribution is 2.40. The zero-order valence-corrected chi connectivity index (χ0v) is 33.3. The first-order valence-electron chi connectivity index (χ1n) is 18.9. The Morgan fingerprint density at radius 2 is 1.26 bits per heavy atom. The first-order chi connectivity index (χ1) is 28.3. The molecule has 16 nitrogen and oxygen atoms in total. The number of carbonyl (C=O) groups is 3. The summed E-state index contributed by atoms with van der Waals surface area (Å²) in [7, 11) is 2.57. The van der Waals surface area contributed by atoms with Crippen molar-refractivity contribution in [3.8, 4) is 31.2 Å². The Morgan fingerprint density at radius 3 is 1.86 bits per heavy atom. The maximum Gasteiger partial charge on any atom is 0.407 e. The van der Waals surface area contributed by atoms with Gasteiger partial charge in [-0.15, -0.1) is 22.7 Å². The van der Waals surface area contributed by atoms with Gasteiger partial charge in [0.05, 0.1) is 65.9 Å². The van der Waals surface area contributed by atoms with E-state index in [4.69, 9.17) is 14.5 Å². The van der Waals surface area contributed by atoms with E-state index >= 15 is 0 Å². The van der Waals surface area contributed by atoms with Crippen molar-refractivity contribution in [1.82, 2.24) is 50.3 Å². The number of carbonyl (C=O) groups excluding carboxylic acids is 3. The summed E-state index contributed by atoms with van der Waals surface area (Å²) < 4.78 is 9.68. The van der Waals surface area contributed by atoms with Gasteiger partial charge in [-0.25, -0.2) is 29.5 Å². The van der Waals surface area contributed by atoms with Crippen LogP contribution in [0.3, 0.4) is 0 Å². The molecule has 5 atom stereocenters. The predicted octanol–water partition coefficient (Wildman–Crippen LogP) is 6.36. The number of amides is 3. The first kappa shape index (κ1) is 38.9. The van der Waals surface area contributed by atoms with Gasteiger partial charge in [-0.1, -0.05) is 60.7 Å². The van der Waals surface area contributed by atoms with E-state index in [-0.39, 0.29) is 18.0 Å². The van der Waals surface area contributed by atoms with Crippen LogP contribution >= 0.6 is 22.7 Å². The Bertz CT molecular complexity index is 2350. The number of hydrogen-bond donors (Lipinski definition) is 5. The number of rotatable bonds is 12. The molecule has 0 spiro atoms. The summed E-state index contributed by atoms with van der Waals surface area (Å²) in [4.78, 5) is 69.5. The zero-order valence-electron chi connectivity index (χ0n) is 31.7. The van der Waals surface area contributed by atoms with E-state index in [1.165, 1.54) is 36.9 Å². The van der Waals surface area contributed by atoms with E-state index < -0.39 is 30.5 Å². The average molecular weight is 823 g/mol. The fraction of sp³-hybridized carbons (Fsp3) is 0.325. The van der Waals surface area contributed by atoms with Crippen molar-refractivity contribution < 1.29 is 29.0 Å². The number of thiazole rings is 2. The van der Waals surface area contributed by atoms with Gasteiger partial charge in [-0.3, -0.25) is 9.69 Å². The number of aliphatic hydroxyl groups is 1. The number of H-pyrrole nitrogens is 2. The van der Waals surface area contributed by atoms with Crippen LogP contribution < -0.4 is 10.6 Å². The highest BCUT2D eigenvalue weighted by Gasteiger charge is 2.39. The van der Waals surface area contributed by atoms with Crippen LogP contribution in [-0.4, -0.2) is 96.4 Å². The molecule has 2 aliphatic heterocycles. The second-order valence-corrected chi connectivity index (χ2v) is 16.0. The van der Waals surface area contributed by atoms with Crippen LogP contribution in [0.4, 0.5) is 9.59 Å². The number of likely N-dealkylation sites (tertiary alicyclic amines) is 2. The Balaban J connectivity index is 0.950. The molecule has 4 aromatic heterocycles. The summed E-state index contributed by atoms with van der Waals surface area (Å²) in [5.74, 6) is 1.15. The van der Waals surface area contributed by atoms with Gasteiger partial charge >= 0.3 is 12.2 Å². The number of nitrogens with zero attached hydrogens (tertiary/aromatic N) is 6. The molecule has 2 aromatic carbocycles. The summed E-state index contributed by atoms with van der Waals surface area (Å²) in [6.07, 6.45) is 7.94. The fourth-order valence-electron chi connectivity index (χ4n) is 7.61. The molecule has 5 N–H and O–H groups in total. The Hall–Kier alpha value is -5.95. The van der Waals surface area contributed by atoms with E-state index in [1.54, 1.807) is 41.8 Å². The van der Waals surface area contributed by atoms with Gasteiger partial charge in [0.1, 0.15) is 23.9 Å². The lowest BCUT2D eigenvalue weighted by molar-refractivity contribution is -0.134. The minimum atomic E-state index is -1.02. The van der Waals surface area contributed by atoms with Gasteiger partial charge in [0.15, 0.2) is 10.0 Å². The number of alkyl carbamates (subject to hydrolysis) is 2. The van der Waals surface area contributed by atoms with Crippen LogP contribution in [0.1, 0.15) is 72.6 Å². The van der Waals surface area contributed by atoms with E-state index in [9.17, 15) is 19.5 Å². The molecular weight excluding hydrogens is 781 g/mol. The van der Waals surface area contributed by atoms with Gasteiger partial charge in [0, 0.05) is 25.5 Å². The van der Waals surface area contributed by atoms with Crippen LogP contribution in [0.5, 0.6) is 0 Å². The van der Waals surface area contributed by atoms with E-state index in [2.05, 4.69) is 35.6 Å². The number of methoxy groups -OCH3 is 2. The van der Waals surface area contributed by atoms with Crippen LogP contribution in [0.2, 0.25) is 0 Å². The fourth-order valence-corrected chi connectivity index (χ4v) is 9.41. The van der Waals surface area contributed by atoms with Crippen molar-refractivity contribution in [2.75, 3.05) is 27.3 Å². The molecule has 300 valence electrons. The number of ether oxygens (including phenoxy) is 2. The number of aliphatic hydroxyl groups excluding tert-OH is 1.